The van der Waals surface area contributed by atoms with E-state index in [-0.39, 0.29) is 12.0 Å². The molecule has 0 spiro atoms. The van der Waals surface area contributed by atoms with Crippen LogP contribution in [0.1, 0.15) is 55.5 Å². The van der Waals surface area contributed by atoms with E-state index in [0.717, 1.165) is 27.8 Å². The molecule has 0 aromatic heterocycles. The second-order valence-corrected chi connectivity index (χ2v) is 16.2. The van der Waals surface area contributed by atoms with Crippen molar-refractivity contribution in [3.05, 3.63) is 192 Å². The lowest BCUT2D eigenvalue weighted by atomic mass is 9.93. The largest absolute Gasteiger partial charge is 0.374 e. The van der Waals surface area contributed by atoms with Crippen LogP contribution in [0.4, 0.5) is 0 Å². The van der Waals surface area contributed by atoms with Gasteiger partial charge in [-0.3, -0.25) is 0 Å². The van der Waals surface area contributed by atoms with Crippen LogP contribution >= 0.6 is 0 Å². The van der Waals surface area contributed by atoms with Crippen molar-refractivity contribution in [1.29, 1.82) is 0 Å². The van der Waals surface area contributed by atoms with Crippen molar-refractivity contribution in [2.45, 2.75) is 115 Å². The molecule has 316 valence electrons. The molecular formula is C52H60O8. The van der Waals surface area contributed by atoms with E-state index in [0.29, 0.717) is 39.6 Å². The van der Waals surface area contributed by atoms with Crippen LogP contribution in [0.3, 0.4) is 0 Å². The van der Waals surface area contributed by atoms with E-state index >= 15 is 0 Å². The molecule has 8 heteroatoms. The van der Waals surface area contributed by atoms with Crippen molar-refractivity contribution >= 4 is 0 Å². The van der Waals surface area contributed by atoms with Crippen LogP contribution in [0.25, 0.3) is 0 Å². The van der Waals surface area contributed by atoms with E-state index in [1.165, 1.54) is 0 Å². The number of hydrogen-bond donors (Lipinski definition) is 0. The molecule has 60 heavy (non-hydrogen) atoms. The number of benzene rings is 5. The Hall–Kier alpha value is -4.48. The zero-order chi connectivity index (χ0) is 41.6. The molecule has 5 aromatic rings. The van der Waals surface area contributed by atoms with Gasteiger partial charge in [0, 0.05) is 5.92 Å². The first-order chi connectivity index (χ1) is 29.4. The Labute approximate surface area is 356 Å². The van der Waals surface area contributed by atoms with Crippen molar-refractivity contribution in [2.75, 3.05) is 6.61 Å². The third kappa shape index (κ3) is 11.7. The summed E-state index contributed by atoms with van der Waals surface area (Å²) in [6.45, 7) is 10.6. The van der Waals surface area contributed by atoms with Gasteiger partial charge in [-0.15, -0.1) is 0 Å². The Kier molecular flexibility index (Phi) is 15.9. The Balaban J connectivity index is 1.20. The maximum absolute atomic E-state index is 7.11. The van der Waals surface area contributed by atoms with Gasteiger partial charge in [0.25, 0.3) is 0 Å². The minimum Gasteiger partial charge on any atom is -0.374 e. The van der Waals surface area contributed by atoms with Gasteiger partial charge in [-0.2, -0.15) is 0 Å². The summed E-state index contributed by atoms with van der Waals surface area (Å²) in [6, 6.07) is 50.9. The van der Waals surface area contributed by atoms with E-state index in [2.05, 4.69) is 80.6 Å². The monoisotopic (exact) mass is 812 g/mol. The van der Waals surface area contributed by atoms with Gasteiger partial charge < -0.3 is 37.9 Å². The van der Waals surface area contributed by atoms with E-state index in [9.17, 15) is 0 Å². The zero-order valence-electron chi connectivity index (χ0n) is 35.3. The van der Waals surface area contributed by atoms with Crippen molar-refractivity contribution in [3.8, 4) is 0 Å². The summed E-state index contributed by atoms with van der Waals surface area (Å²) >= 11 is 0. The van der Waals surface area contributed by atoms with Gasteiger partial charge in [-0.1, -0.05) is 178 Å². The second kappa shape index (κ2) is 21.9. The van der Waals surface area contributed by atoms with E-state index in [4.69, 9.17) is 37.9 Å². The average Bonchev–Trinajstić information content (AvgIpc) is 3.77. The normalized spacial score (nSPS) is 25.5. The smallest absolute Gasteiger partial charge is 0.200 e. The molecule has 7 rings (SSSR count). The highest BCUT2D eigenvalue weighted by molar-refractivity contribution is 5.19. The van der Waals surface area contributed by atoms with Crippen LogP contribution < -0.4 is 0 Å². The molecular weight excluding hydrogens is 753 g/mol. The first-order valence-electron chi connectivity index (χ1n) is 21.3. The van der Waals surface area contributed by atoms with Crippen molar-refractivity contribution in [1.82, 2.24) is 0 Å². The third-order valence-electron chi connectivity index (χ3n) is 10.9. The van der Waals surface area contributed by atoms with Gasteiger partial charge in [0.05, 0.1) is 45.7 Å². The van der Waals surface area contributed by atoms with Gasteiger partial charge in [0.1, 0.15) is 42.7 Å². The molecule has 0 bridgehead atoms. The van der Waals surface area contributed by atoms with Crippen LogP contribution in [0.2, 0.25) is 0 Å². The Morgan fingerprint density at radius 3 is 1.33 bits per heavy atom. The summed E-state index contributed by atoms with van der Waals surface area (Å²) in [5.74, 6) is -1.18. The first-order valence-corrected chi connectivity index (χ1v) is 21.3. The van der Waals surface area contributed by atoms with Gasteiger partial charge in [0.2, 0.25) is 5.79 Å². The lowest BCUT2D eigenvalue weighted by Gasteiger charge is -2.39. The summed E-state index contributed by atoms with van der Waals surface area (Å²) in [7, 11) is 0. The minimum absolute atomic E-state index is 0.0755. The lowest BCUT2D eigenvalue weighted by molar-refractivity contribution is -0.300. The quantitative estimate of drug-likeness (QED) is 0.0679. The molecule has 0 N–H and O–H groups in total. The fourth-order valence-electron chi connectivity index (χ4n) is 7.94. The van der Waals surface area contributed by atoms with Gasteiger partial charge in [0.15, 0.2) is 0 Å². The summed E-state index contributed by atoms with van der Waals surface area (Å²) in [5, 5.41) is 0. The van der Waals surface area contributed by atoms with E-state index < -0.39 is 48.5 Å². The maximum atomic E-state index is 7.11. The van der Waals surface area contributed by atoms with Crippen LogP contribution in [0.15, 0.2) is 164 Å². The molecule has 8 nitrogen and oxygen atoms in total. The molecule has 0 aliphatic carbocycles. The average molecular weight is 813 g/mol. The molecule has 0 unspecified atom stereocenters. The van der Waals surface area contributed by atoms with Crippen LogP contribution in [-0.4, -0.2) is 61.2 Å². The predicted molar refractivity (Wildman–Crippen MR) is 233 cm³/mol. The molecule has 5 aromatic carbocycles. The minimum atomic E-state index is -1.10. The summed E-state index contributed by atoms with van der Waals surface area (Å²) in [6.07, 6.45) is 0.517. The predicted octanol–water partition coefficient (Wildman–Crippen LogP) is 10.0. The highest BCUT2D eigenvalue weighted by Gasteiger charge is 2.59. The van der Waals surface area contributed by atoms with Gasteiger partial charge in [-0.05, 0) is 41.7 Å². The molecule has 2 saturated heterocycles. The van der Waals surface area contributed by atoms with Gasteiger partial charge >= 0.3 is 0 Å². The van der Waals surface area contributed by atoms with Crippen LogP contribution in [0.5, 0.6) is 0 Å². The zero-order valence-corrected chi connectivity index (χ0v) is 35.3. The highest BCUT2D eigenvalue weighted by atomic mass is 16.7. The van der Waals surface area contributed by atoms with E-state index in [1.54, 1.807) is 0 Å². The fraction of sp³-hybridized carbons (Fsp3) is 0.385. The maximum Gasteiger partial charge on any atom is 0.200 e. The summed E-state index contributed by atoms with van der Waals surface area (Å²) < 4.78 is 54.4. The fourth-order valence-corrected chi connectivity index (χ4v) is 7.94. The number of rotatable bonds is 21. The molecule has 0 saturated carbocycles. The van der Waals surface area contributed by atoms with Crippen molar-refractivity contribution in [3.63, 3.8) is 0 Å². The molecule has 2 aliphatic heterocycles. The van der Waals surface area contributed by atoms with Crippen molar-refractivity contribution in [2.24, 2.45) is 5.92 Å². The summed E-state index contributed by atoms with van der Waals surface area (Å²) in [4.78, 5) is 0. The molecule has 8 atom stereocenters. The molecule has 2 heterocycles. The Bertz CT molecular complexity index is 1980. The molecule has 0 radical (unpaired) electrons. The lowest BCUT2D eigenvalue weighted by Crippen LogP contribution is -2.52. The van der Waals surface area contributed by atoms with Crippen LogP contribution in [-0.2, 0) is 70.9 Å². The standard InChI is InChI=1S/C52H60O8/c1-38(2)52(59-39(3)4)51(57-36-44-28-18-9-19-29-44)50(56-35-43-26-16-8-17-27-43)46(60-52)31-30-45-48(54-33-41-22-12-6-13-23-41)49(55-34-42-24-14-7-15-25-42)47(58-45)37-53-32-40-20-10-5-11-21-40/h5-31,38-39,45-51H,32-37H2,1-4H3/t45-,46-,47-,48-,49-,50-,51+,52+/m1/s1. The first kappa shape index (κ1) is 43.6. The number of ether oxygens (including phenoxy) is 8. The topological polar surface area (TPSA) is 73.8 Å². The summed E-state index contributed by atoms with van der Waals surface area (Å²) in [5.41, 5.74) is 5.33. The van der Waals surface area contributed by atoms with E-state index in [1.807, 2.05) is 111 Å². The number of hydrogen-bond acceptors (Lipinski definition) is 8. The van der Waals surface area contributed by atoms with Crippen LogP contribution in [0, 0.1) is 5.92 Å². The Morgan fingerprint density at radius 1 is 0.483 bits per heavy atom. The SMILES string of the molecule is CC(C)O[C@@]1(C(C)C)O[C@H](C=C[C@H]2O[C@H](COCc3ccccc3)[C@@H](OCc3ccccc3)[C@@H]2OCc2ccccc2)[C@@H](OCc2ccccc2)[C@@H]1OCc1ccccc1. The van der Waals surface area contributed by atoms with Gasteiger partial charge in [-0.25, -0.2) is 0 Å². The third-order valence-corrected chi connectivity index (χ3v) is 10.9. The Morgan fingerprint density at radius 2 is 0.883 bits per heavy atom. The molecule has 2 aliphatic rings. The highest BCUT2D eigenvalue weighted by Crippen LogP contribution is 2.44. The second-order valence-electron chi connectivity index (χ2n) is 16.2. The molecule has 2 fully saturated rings. The molecule has 0 amide bonds. The van der Waals surface area contributed by atoms with Crippen molar-refractivity contribution < 1.29 is 37.9 Å².